The summed E-state index contributed by atoms with van der Waals surface area (Å²) in [7, 11) is 1.73. The second-order valence-electron chi connectivity index (χ2n) is 8.18. The van der Waals surface area contributed by atoms with Crippen LogP contribution in [-0.2, 0) is 6.54 Å². The number of rotatable bonds is 4. The summed E-state index contributed by atoms with van der Waals surface area (Å²) in [6, 6.07) is 11.5. The number of benzene rings is 1. The van der Waals surface area contributed by atoms with E-state index in [0.29, 0.717) is 12.1 Å². The van der Waals surface area contributed by atoms with E-state index in [1.807, 2.05) is 12.1 Å². The zero-order chi connectivity index (χ0) is 19.1. The van der Waals surface area contributed by atoms with Crippen LogP contribution in [0.25, 0.3) is 5.69 Å². The van der Waals surface area contributed by atoms with E-state index >= 15 is 0 Å². The molecule has 1 aromatic carbocycles. The Hall–Kier alpha value is -1.82. The van der Waals surface area contributed by atoms with Gasteiger partial charge in [-0.1, -0.05) is 12.1 Å². The van der Waals surface area contributed by atoms with Gasteiger partial charge in [0.1, 0.15) is 5.75 Å². The summed E-state index contributed by atoms with van der Waals surface area (Å²) >= 11 is 0. The molecule has 0 radical (unpaired) electrons. The van der Waals surface area contributed by atoms with Crippen molar-refractivity contribution in [2.24, 2.45) is 0 Å². The smallest absolute Gasteiger partial charge is 0.142 e. The lowest BCUT2D eigenvalue weighted by atomic mass is 10.1. The maximum atomic E-state index is 10.0. The van der Waals surface area contributed by atoms with E-state index in [0.717, 1.165) is 44.0 Å². The number of methoxy groups -OCH3 is 1. The van der Waals surface area contributed by atoms with Gasteiger partial charge in [-0.05, 0) is 51.0 Å². The van der Waals surface area contributed by atoms with Crippen molar-refractivity contribution in [1.82, 2.24) is 14.4 Å². The molecule has 2 aliphatic heterocycles. The topological polar surface area (TPSA) is 40.9 Å². The third kappa shape index (κ3) is 3.40. The predicted molar refractivity (Wildman–Crippen MR) is 108 cm³/mol. The van der Waals surface area contributed by atoms with Crippen LogP contribution < -0.4 is 4.74 Å². The van der Waals surface area contributed by atoms with Gasteiger partial charge in [0.2, 0.25) is 0 Å². The number of aliphatic hydroxyl groups is 1. The van der Waals surface area contributed by atoms with Gasteiger partial charge in [0.15, 0.2) is 0 Å². The van der Waals surface area contributed by atoms with E-state index in [1.54, 1.807) is 7.11 Å². The van der Waals surface area contributed by atoms with Crippen LogP contribution in [0.1, 0.15) is 30.3 Å². The number of aryl methyl sites for hydroxylation is 1. The van der Waals surface area contributed by atoms with E-state index in [2.05, 4.69) is 53.3 Å². The van der Waals surface area contributed by atoms with Crippen LogP contribution in [0, 0.1) is 13.8 Å². The molecule has 2 aromatic rings. The fourth-order valence-corrected chi connectivity index (χ4v) is 4.89. The molecule has 5 heteroatoms. The first-order valence-corrected chi connectivity index (χ1v) is 9.95. The van der Waals surface area contributed by atoms with Crippen molar-refractivity contribution >= 4 is 0 Å². The minimum absolute atomic E-state index is 0.155. The van der Waals surface area contributed by atoms with Crippen molar-refractivity contribution in [3.8, 4) is 11.4 Å². The Morgan fingerprint density at radius 1 is 1.15 bits per heavy atom. The highest BCUT2D eigenvalue weighted by atomic mass is 16.5. The predicted octanol–water partition coefficient (Wildman–Crippen LogP) is 2.74. The third-order valence-corrected chi connectivity index (χ3v) is 6.31. The standard InChI is InChI=1S/C22H31N3O2/c1-15-9-18(17(3)25(15)21-7-5-6-8-22(21)27-4)12-23-13-19-10-20(26)14-24(19)11-16(23)2/h5-9,16,19-20,26H,10-14H2,1-4H3/t16-,19+,20+/m0/s1. The number of piperazine rings is 1. The molecular weight excluding hydrogens is 338 g/mol. The first-order chi connectivity index (χ1) is 13.0. The molecule has 0 saturated carbocycles. The maximum absolute atomic E-state index is 10.0. The van der Waals surface area contributed by atoms with Gasteiger partial charge in [0, 0.05) is 49.7 Å². The molecule has 4 rings (SSSR count). The number of ether oxygens (including phenoxy) is 1. The SMILES string of the molecule is COc1ccccc1-n1c(C)cc(CN2C[C@H]3C[C@@H](O)CN3C[C@@H]2C)c1C. The van der Waals surface area contributed by atoms with Gasteiger partial charge in [-0.2, -0.15) is 0 Å². The summed E-state index contributed by atoms with van der Waals surface area (Å²) in [5.41, 5.74) is 4.97. The largest absolute Gasteiger partial charge is 0.495 e. The molecule has 2 saturated heterocycles. The van der Waals surface area contributed by atoms with Crippen LogP contribution in [-0.4, -0.2) is 64.4 Å². The zero-order valence-electron chi connectivity index (χ0n) is 16.9. The molecule has 3 heterocycles. The van der Waals surface area contributed by atoms with Crippen LogP contribution >= 0.6 is 0 Å². The summed E-state index contributed by atoms with van der Waals surface area (Å²) in [6.07, 6.45) is 0.751. The van der Waals surface area contributed by atoms with Gasteiger partial charge in [-0.15, -0.1) is 0 Å². The van der Waals surface area contributed by atoms with Crippen molar-refractivity contribution in [3.05, 3.63) is 47.3 Å². The second-order valence-corrected chi connectivity index (χ2v) is 8.18. The summed E-state index contributed by atoms with van der Waals surface area (Å²) in [6.45, 7) is 10.6. The third-order valence-electron chi connectivity index (χ3n) is 6.31. The fourth-order valence-electron chi connectivity index (χ4n) is 4.89. The van der Waals surface area contributed by atoms with Crippen molar-refractivity contribution in [2.45, 2.75) is 51.9 Å². The molecule has 146 valence electrons. The Labute approximate surface area is 162 Å². The van der Waals surface area contributed by atoms with Gasteiger partial charge in [-0.3, -0.25) is 9.80 Å². The van der Waals surface area contributed by atoms with E-state index in [9.17, 15) is 5.11 Å². The highest BCUT2D eigenvalue weighted by Gasteiger charge is 2.38. The Kier molecular flexibility index (Phi) is 5.01. The molecule has 1 N–H and O–H groups in total. The molecule has 2 aliphatic rings. The van der Waals surface area contributed by atoms with Crippen LogP contribution in [0.4, 0.5) is 0 Å². The van der Waals surface area contributed by atoms with Crippen LogP contribution in [0.15, 0.2) is 30.3 Å². The summed E-state index contributed by atoms with van der Waals surface area (Å²) in [4.78, 5) is 5.04. The number of para-hydroxylation sites is 2. The molecule has 3 atom stereocenters. The van der Waals surface area contributed by atoms with Crippen LogP contribution in [0.2, 0.25) is 0 Å². The van der Waals surface area contributed by atoms with Crippen molar-refractivity contribution < 1.29 is 9.84 Å². The number of aliphatic hydroxyl groups excluding tert-OH is 1. The lowest BCUT2D eigenvalue weighted by Crippen LogP contribution is -2.54. The van der Waals surface area contributed by atoms with Crippen molar-refractivity contribution in [2.75, 3.05) is 26.7 Å². The van der Waals surface area contributed by atoms with E-state index < -0.39 is 0 Å². The first kappa shape index (κ1) is 18.5. The first-order valence-electron chi connectivity index (χ1n) is 9.95. The molecule has 0 amide bonds. The van der Waals surface area contributed by atoms with E-state index in [4.69, 9.17) is 4.74 Å². The maximum Gasteiger partial charge on any atom is 0.142 e. The second kappa shape index (κ2) is 7.30. The van der Waals surface area contributed by atoms with Gasteiger partial charge in [0.05, 0.1) is 18.9 Å². The Balaban J connectivity index is 1.59. The van der Waals surface area contributed by atoms with Gasteiger partial charge >= 0.3 is 0 Å². The number of hydrogen-bond donors (Lipinski definition) is 1. The van der Waals surface area contributed by atoms with E-state index in [1.165, 1.54) is 17.0 Å². The molecule has 0 bridgehead atoms. The highest BCUT2D eigenvalue weighted by Crippen LogP contribution is 2.30. The normalized spacial score (nSPS) is 26.3. The number of nitrogens with zero attached hydrogens (tertiary/aromatic N) is 3. The molecule has 1 aromatic heterocycles. The van der Waals surface area contributed by atoms with Crippen LogP contribution in [0.5, 0.6) is 5.75 Å². The number of hydrogen-bond acceptors (Lipinski definition) is 4. The fraction of sp³-hybridized carbons (Fsp3) is 0.545. The van der Waals surface area contributed by atoms with E-state index in [-0.39, 0.29) is 6.10 Å². The molecule has 5 nitrogen and oxygen atoms in total. The van der Waals surface area contributed by atoms with Crippen LogP contribution in [0.3, 0.4) is 0 Å². The van der Waals surface area contributed by atoms with Crippen molar-refractivity contribution in [3.63, 3.8) is 0 Å². The van der Waals surface area contributed by atoms with Gasteiger partial charge in [-0.25, -0.2) is 0 Å². The lowest BCUT2D eigenvalue weighted by Gasteiger charge is -2.42. The summed E-state index contributed by atoms with van der Waals surface area (Å²) < 4.78 is 7.88. The highest BCUT2D eigenvalue weighted by molar-refractivity contribution is 5.50. The van der Waals surface area contributed by atoms with Gasteiger partial charge in [0.25, 0.3) is 0 Å². The molecular formula is C22H31N3O2. The Morgan fingerprint density at radius 2 is 1.93 bits per heavy atom. The molecule has 0 unspecified atom stereocenters. The summed E-state index contributed by atoms with van der Waals surface area (Å²) in [5, 5.41) is 10.0. The van der Waals surface area contributed by atoms with Crippen molar-refractivity contribution in [1.29, 1.82) is 0 Å². The van der Waals surface area contributed by atoms with Gasteiger partial charge < -0.3 is 14.4 Å². The average molecular weight is 370 g/mol. The molecule has 0 aliphatic carbocycles. The Bertz CT molecular complexity index is 816. The minimum atomic E-state index is -0.155. The lowest BCUT2D eigenvalue weighted by molar-refractivity contribution is 0.0527. The molecule has 0 spiro atoms. The summed E-state index contributed by atoms with van der Waals surface area (Å²) in [5.74, 6) is 0.896. The quantitative estimate of drug-likeness (QED) is 0.900. The average Bonchev–Trinajstić information content (AvgIpc) is 3.13. The minimum Gasteiger partial charge on any atom is -0.495 e. The number of fused-ring (bicyclic) bond motifs is 1. The number of aromatic nitrogens is 1. The molecule has 27 heavy (non-hydrogen) atoms. The Morgan fingerprint density at radius 3 is 2.70 bits per heavy atom. The molecule has 2 fully saturated rings. The zero-order valence-corrected chi connectivity index (χ0v) is 16.9. The monoisotopic (exact) mass is 369 g/mol.